The number of nitrogens with one attached hydrogen (secondary N) is 1. The van der Waals surface area contributed by atoms with Crippen molar-refractivity contribution in [2.75, 3.05) is 55.5 Å². The van der Waals surface area contributed by atoms with Crippen LogP contribution in [0.1, 0.15) is 26.2 Å². The zero-order chi connectivity index (χ0) is 20.2. The van der Waals surface area contributed by atoms with Crippen molar-refractivity contribution < 1.29 is 9.47 Å². The molecule has 4 rings (SSSR count). The minimum atomic E-state index is 0.343. The van der Waals surface area contributed by atoms with E-state index in [1.54, 1.807) is 20.5 Å². The number of hydrogen-bond acceptors (Lipinski definition) is 7. The van der Waals surface area contributed by atoms with E-state index in [4.69, 9.17) is 9.47 Å². The van der Waals surface area contributed by atoms with Crippen LogP contribution in [0.3, 0.4) is 0 Å². The second-order valence-corrected chi connectivity index (χ2v) is 8.10. The van der Waals surface area contributed by atoms with E-state index in [9.17, 15) is 0 Å². The van der Waals surface area contributed by atoms with Crippen LogP contribution in [0.25, 0.3) is 0 Å². The van der Waals surface area contributed by atoms with Crippen LogP contribution in [0.5, 0.6) is 11.5 Å². The van der Waals surface area contributed by atoms with Crippen molar-refractivity contribution in [3.05, 3.63) is 30.6 Å². The molecule has 2 unspecified atom stereocenters. The van der Waals surface area contributed by atoms with Gasteiger partial charge in [-0.25, -0.2) is 9.97 Å². The molecular formula is C22H31N5O2. The molecule has 0 spiro atoms. The molecule has 0 radical (unpaired) electrons. The number of anilines is 3. The van der Waals surface area contributed by atoms with Gasteiger partial charge in [0.1, 0.15) is 29.5 Å². The third-order valence-corrected chi connectivity index (χ3v) is 5.88. The second kappa shape index (κ2) is 8.76. The highest BCUT2D eigenvalue weighted by atomic mass is 16.5. The summed E-state index contributed by atoms with van der Waals surface area (Å²) in [4.78, 5) is 13.7. The van der Waals surface area contributed by atoms with Gasteiger partial charge < -0.3 is 24.6 Å². The highest BCUT2D eigenvalue weighted by molar-refractivity contribution is 5.57. The summed E-state index contributed by atoms with van der Waals surface area (Å²) in [7, 11) is 3.37. The molecule has 1 N–H and O–H groups in total. The monoisotopic (exact) mass is 397 g/mol. The molecule has 2 aliphatic rings. The van der Waals surface area contributed by atoms with Crippen molar-refractivity contribution in [1.29, 1.82) is 0 Å². The first-order valence-corrected chi connectivity index (χ1v) is 10.5. The molecule has 7 nitrogen and oxygen atoms in total. The molecule has 0 saturated carbocycles. The Kier molecular flexibility index (Phi) is 5.92. The molecule has 1 aromatic heterocycles. The fourth-order valence-corrected chi connectivity index (χ4v) is 4.29. The lowest BCUT2D eigenvalue weighted by atomic mass is 10.0. The Morgan fingerprint density at radius 1 is 0.931 bits per heavy atom. The molecule has 0 amide bonds. The van der Waals surface area contributed by atoms with E-state index < -0.39 is 0 Å². The van der Waals surface area contributed by atoms with E-state index >= 15 is 0 Å². The van der Waals surface area contributed by atoms with E-state index in [0.29, 0.717) is 6.04 Å². The van der Waals surface area contributed by atoms with Crippen molar-refractivity contribution in [1.82, 2.24) is 9.97 Å². The first-order chi connectivity index (χ1) is 14.1. The summed E-state index contributed by atoms with van der Waals surface area (Å²) in [5.41, 5.74) is 1.12. The minimum Gasteiger partial charge on any atom is -0.497 e. The van der Waals surface area contributed by atoms with Crippen molar-refractivity contribution in [3.63, 3.8) is 0 Å². The average Bonchev–Trinajstić information content (AvgIpc) is 3.22. The maximum absolute atomic E-state index is 5.41. The summed E-state index contributed by atoms with van der Waals surface area (Å²) < 4.78 is 10.8. The van der Waals surface area contributed by atoms with Gasteiger partial charge in [-0.15, -0.1) is 0 Å². The van der Waals surface area contributed by atoms with Gasteiger partial charge in [-0.3, -0.25) is 0 Å². The van der Waals surface area contributed by atoms with Gasteiger partial charge in [0.2, 0.25) is 0 Å². The Bertz CT molecular complexity index is 808. The number of hydrogen-bond donors (Lipinski definition) is 1. The molecule has 156 valence electrons. The van der Waals surface area contributed by atoms with Crippen molar-refractivity contribution in [2.45, 2.75) is 32.2 Å². The average molecular weight is 398 g/mol. The van der Waals surface area contributed by atoms with Gasteiger partial charge in [0.15, 0.2) is 0 Å². The second-order valence-electron chi connectivity index (χ2n) is 8.10. The maximum Gasteiger partial charge on any atom is 0.134 e. The molecule has 0 bridgehead atoms. The minimum absolute atomic E-state index is 0.343. The summed E-state index contributed by atoms with van der Waals surface area (Å²) in [5.74, 6) is 4.28. The van der Waals surface area contributed by atoms with E-state index in [2.05, 4.69) is 50.2 Å². The molecular weight excluding hydrogens is 366 g/mol. The Balaban J connectivity index is 1.41. The number of piperidine rings is 1. The predicted molar refractivity (Wildman–Crippen MR) is 116 cm³/mol. The van der Waals surface area contributed by atoms with Crippen LogP contribution in [-0.4, -0.2) is 56.4 Å². The highest BCUT2D eigenvalue weighted by Gasteiger charge is 2.24. The van der Waals surface area contributed by atoms with Gasteiger partial charge >= 0.3 is 0 Å². The molecule has 0 aliphatic carbocycles. The lowest BCUT2D eigenvalue weighted by Gasteiger charge is -2.32. The number of nitrogens with zero attached hydrogens (tertiary/aromatic N) is 4. The quantitative estimate of drug-likeness (QED) is 0.801. The van der Waals surface area contributed by atoms with Gasteiger partial charge in [-0.2, -0.15) is 0 Å². The standard InChI is InChI=1S/C22H31N5O2/c1-16-5-4-7-27(13-16)22-12-21(23-15-24-22)25-17-6-8-26(14-17)18-9-19(28-2)11-20(10-18)29-3/h9-12,15-17H,4-8,13-14H2,1-3H3,(H,23,24,25). The van der Waals surface area contributed by atoms with Crippen LogP contribution in [0.2, 0.25) is 0 Å². The summed E-state index contributed by atoms with van der Waals surface area (Å²) >= 11 is 0. The Labute approximate surface area is 173 Å². The van der Waals surface area contributed by atoms with Crippen molar-refractivity contribution >= 4 is 17.3 Å². The Hall–Kier alpha value is -2.70. The van der Waals surface area contributed by atoms with Gasteiger partial charge in [0, 0.05) is 62.2 Å². The number of methoxy groups -OCH3 is 2. The summed E-state index contributed by atoms with van der Waals surface area (Å²) in [6, 6.07) is 8.46. The molecule has 7 heteroatoms. The van der Waals surface area contributed by atoms with Gasteiger partial charge in [0.25, 0.3) is 0 Å². The molecule has 2 aliphatic heterocycles. The summed E-state index contributed by atoms with van der Waals surface area (Å²) in [6.45, 7) is 6.36. The zero-order valence-corrected chi connectivity index (χ0v) is 17.6. The third kappa shape index (κ3) is 4.66. The van der Waals surface area contributed by atoms with Crippen LogP contribution in [0.4, 0.5) is 17.3 Å². The van der Waals surface area contributed by atoms with Crippen molar-refractivity contribution in [3.8, 4) is 11.5 Å². The largest absolute Gasteiger partial charge is 0.497 e. The zero-order valence-electron chi connectivity index (χ0n) is 17.6. The first-order valence-electron chi connectivity index (χ1n) is 10.5. The number of aromatic nitrogens is 2. The Morgan fingerprint density at radius 2 is 1.72 bits per heavy atom. The van der Waals surface area contributed by atoms with Crippen molar-refractivity contribution in [2.24, 2.45) is 5.92 Å². The number of ether oxygens (including phenoxy) is 2. The highest BCUT2D eigenvalue weighted by Crippen LogP contribution is 2.31. The van der Waals surface area contributed by atoms with Crippen LogP contribution in [-0.2, 0) is 0 Å². The van der Waals surface area contributed by atoms with Crippen LogP contribution < -0.4 is 24.6 Å². The molecule has 2 atom stereocenters. The smallest absolute Gasteiger partial charge is 0.134 e. The normalized spacial score (nSPS) is 21.9. The van der Waals surface area contributed by atoms with E-state index in [0.717, 1.165) is 67.3 Å². The predicted octanol–water partition coefficient (Wildman–Crippen LogP) is 3.42. The molecule has 2 fully saturated rings. The number of rotatable bonds is 6. The third-order valence-electron chi connectivity index (χ3n) is 5.88. The van der Waals surface area contributed by atoms with E-state index in [1.807, 2.05) is 6.07 Å². The molecule has 29 heavy (non-hydrogen) atoms. The van der Waals surface area contributed by atoms with Crippen LogP contribution >= 0.6 is 0 Å². The topological polar surface area (TPSA) is 62.8 Å². The van der Waals surface area contributed by atoms with E-state index in [1.165, 1.54) is 12.8 Å². The molecule has 3 heterocycles. The maximum atomic E-state index is 5.41. The van der Waals surface area contributed by atoms with Gasteiger partial charge in [-0.05, 0) is 25.2 Å². The van der Waals surface area contributed by atoms with Gasteiger partial charge in [0.05, 0.1) is 14.2 Å². The number of benzene rings is 1. The molecule has 2 saturated heterocycles. The van der Waals surface area contributed by atoms with Crippen LogP contribution in [0.15, 0.2) is 30.6 Å². The fourth-order valence-electron chi connectivity index (χ4n) is 4.29. The molecule has 2 aromatic rings. The SMILES string of the molecule is COc1cc(OC)cc(N2CCC(Nc3cc(N4CCCC(C)C4)ncn3)C2)c1. The lowest BCUT2D eigenvalue weighted by Crippen LogP contribution is -2.35. The lowest BCUT2D eigenvalue weighted by molar-refractivity contribution is 0.394. The summed E-state index contributed by atoms with van der Waals surface area (Å²) in [5, 5.41) is 3.61. The summed E-state index contributed by atoms with van der Waals surface area (Å²) in [6.07, 6.45) is 5.27. The fraction of sp³-hybridized carbons (Fsp3) is 0.545. The Morgan fingerprint density at radius 3 is 2.45 bits per heavy atom. The van der Waals surface area contributed by atoms with Gasteiger partial charge in [-0.1, -0.05) is 6.92 Å². The van der Waals surface area contributed by atoms with E-state index in [-0.39, 0.29) is 0 Å². The van der Waals surface area contributed by atoms with Crippen LogP contribution in [0, 0.1) is 5.92 Å². The molecule has 1 aromatic carbocycles. The first kappa shape index (κ1) is 19.6.